The number of anilines is 2. The Morgan fingerprint density at radius 3 is 2.62 bits per heavy atom. The second-order valence-corrected chi connectivity index (χ2v) is 13.0. The number of ether oxygens (including phenoxy) is 3. The molecule has 1 aliphatic carbocycles. The number of aliphatic hydroxyl groups excluding tert-OH is 1. The van der Waals surface area contributed by atoms with Crippen molar-refractivity contribution in [3.05, 3.63) is 23.2 Å². The fourth-order valence-corrected chi connectivity index (χ4v) is 6.92. The second kappa shape index (κ2) is 11.2. The molecule has 222 valence electrons. The molecule has 2 aliphatic rings. The van der Waals surface area contributed by atoms with Gasteiger partial charge in [0.05, 0.1) is 24.9 Å². The molecule has 1 aromatic carbocycles. The van der Waals surface area contributed by atoms with Gasteiger partial charge in [0.25, 0.3) is 10.0 Å². The first-order valence-corrected chi connectivity index (χ1v) is 15.1. The Morgan fingerprint density at radius 1 is 1.32 bits per heavy atom. The molecule has 1 aromatic heterocycles. The maximum absolute atomic E-state index is 14.1. The molecule has 0 spiro atoms. The number of sulfonamides is 1. The van der Waals surface area contributed by atoms with E-state index in [1.54, 1.807) is 13.8 Å². The molecule has 4 rings (SSSR count). The number of alkyl halides is 3. The zero-order chi connectivity index (χ0) is 29.5. The van der Waals surface area contributed by atoms with E-state index in [0.29, 0.717) is 31.7 Å². The lowest BCUT2D eigenvalue weighted by molar-refractivity contribution is -0.242. The highest BCUT2D eigenvalue weighted by Crippen LogP contribution is 2.47. The summed E-state index contributed by atoms with van der Waals surface area (Å²) in [5.74, 6) is 0.363. The highest BCUT2D eigenvalue weighted by atomic mass is 32.2. The number of rotatable bonds is 10. The number of amides is 1. The number of nitrogens with one attached hydrogen (secondary N) is 1. The lowest BCUT2D eigenvalue weighted by atomic mass is 10.1. The minimum atomic E-state index is -4.80. The van der Waals surface area contributed by atoms with Crippen molar-refractivity contribution >= 4 is 38.8 Å². The highest BCUT2D eigenvalue weighted by molar-refractivity contribution is 7.93. The number of benzene rings is 1. The fourth-order valence-electron chi connectivity index (χ4n) is 3.93. The highest BCUT2D eigenvalue weighted by Gasteiger charge is 2.51. The van der Waals surface area contributed by atoms with E-state index in [0.717, 1.165) is 17.1 Å². The molecular formula is C25H32F3N3O7S2. The molecule has 1 amide bonds. The van der Waals surface area contributed by atoms with Gasteiger partial charge in [-0.25, -0.2) is 9.78 Å². The van der Waals surface area contributed by atoms with Crippen LogP contribution in [0.3, 0.4) is 0 Å². The van der Waals surface area contributed by atoms with Crippen LogP contribution < -0.4 is 19.1 Å². The smallest absolute Gasteiger partial charge is 0.427 e. The minimum Gasteiger partial charge on any atom is -0.486 e. The van der Waals surface area contributed by atoms with Crippen LogP contribution in [0.15, 0.2) is 23.2 Å². The minimum absolute atomic E-state index is 0.00469. The summed E-state index contributed by atoms with van der Waals surface area (Å²) in [6.07, 6.45) is -4.86. The van der Waals surface area contributed by atoms with E-state index >= 15 is 0 Å². The monoisotopic (exact) mass is 607 g/mol. The third-order valence-corrected chi connectivity index (χ3v) is 9.35. The fraction of sp³-hybridized carbons (Fsp3) is 0.600. The van der Waals surface area contributed by atoms with E-state index in [2.05, 4.69) is 15.0 Å². The average Bonchev–Trinajstić information content (AvgIpc) is 3.61. The van der Waals surface area contributed by atoms with E-state index in [9.17, 15) is 31.5 Å². The Labute approximate surface area is 234 Å². The molecule has 2 N–H and O–H groups in total. The molecule has 0 bridgehead atoms. The zero-order valence-electron chi connectivity index (χ0n) is 22.4. The first-order chi connectivity index (χ1) is 18.6. The first-order valence-electron chi connectivity index (χ1n) is 12.8. The van der Waals surface area contributed by atoms with Crippen LogP contribution in [0.2, 0.25) is 0 Å². The number of nitrogens with zero attached hydrogens (tertiary/aromatic N) is 2. The van der Waals surface area contributed by atoms with E-state index in [1.165, 1.54) is 29.5 Å². The normalized spacial score (nSPS) is 18.5. The maximum atomic E-state index is 14.1. The van der Waals surface area contributed by atoms with Crippen LogP contribution in [-0.4, -0.2) is 61.7 Å². The number of carbonyl (C=O) groups excluding carboxylic acids is 1. The van der Waals surface area contributed by atoms with Gasteiger partial charge in [-0.3, -0.25) is 9.62 Å². The zero-order valence-corrected chi connectivity index (χ0v) is 24.1. The van der Waals surface area contributed by atoms with E-state index in [4.69, 9.17) is 9.47 Å². The predicted octanol–water partition coefficient (Wildman–Crippen LogP) is 5.43. The molecule has 40 heavy (non-hydrogen) atoms. The Balaban J connectivity index is 1.69. The Bertz CT molecular complexity index is 1340. The number of hydrogen-bond acceptors (Lipinski definition) is 9. The number of aliphatic hydroxyl groups is 1. The summed E-state index contributed by atoms with van der Waals surface area (Å²) in [5, 5.41) is 12.6. The van der Waals surface area contributed by atoms with Gasteiger partial charge in [0, 0.05) is 11.6 Å². The molecule has 2 unspecified atom stereocenters. The van der Waals surface area contributed by atoms with Crippen molar-refractivity contribution in [2.24, 2.45) is 0 Å². The van der Waals surface area contributed by atoms with Crippen LogP contribution >= 0.6 is 11.3 Å². The van der Waals surface area contributed by atoms with Gasteiger partial charge in [0.15, 0.2) is 0 Å². The summed E-state index contributed by atoms with van der Waals surface area (Å²) in [5.41, 5.74) is -2.69. The quantitative estimate of drug-likeness (QED) is 0.366. The van der Waals surface area contributed by atoms with E-state index < -0.39 is 40.1 Å². The lowest BCUT2D eigenvalue weighted by Gasteiger charge is -2.35. The number of hydrogen-bond donors (Lipinski definition) is 2. The van der Waals surface area contributed by atoms with Crippen LogP contribution in [0, 0.1) is 0 Å². The van der Waals surface area contributed by atoms with Crippen molar-refractivity contribution in [2.45, 2.75) is 88.3 Å². The molecule has 2 heterocycles. The van der Waals surface area contributed by atoms with Gasteiger partial charge in [-0.05, 0) is 71.6 Å². The molecule has 2 aromatic rings. The van der Waals surface area contributed by atoms with Gasteiger partial charge in [-0.15, -0.1) is 0 Å². The molecule has 0 radical (unpaired) electrons. The Morgan fingerprint density at radius 2 is 2.02 bits per heavy atom. The molecule has 15 heteroatoms. The summed E-state index contributed by atoms with van der Waals surface area (Å²) in [6.45, 7) is 4.89. The van der Waals surface area contributed by atoms with Gasteiger partial charge in [-0.2, -0.15) is 21.6 Å². The second-order valence-electron chi connectivity index (χ2n) is 10.3. The summed E-state index contributed by atoms with van der Waals surface area (Å²) >= 11 is 1.19. The molecular weight excluding hydrogens is 575 g/mol. The number of aromatic nitrogens is 1. The molecule has 1 fully saturated rings. The van der Waals surface area contributed by atoms with Gasteiger partial charge >= 0.3 is 12.3 Å². The van der Waals surface area contributed by atoms with Crippen LogP contribution in [0.25, 0.3) is 0 Å². The van der Waals surface area contributed by atoms with Gasteiger partial charge in [0.1, 0.15) is 16.9 Å². The Kier molecular flexibility index (Phi) is 8.48. The van der Waals surface area contributed by atoms with E-state index in [1.807, 2.05) is 0 Å². The molecule has 1 aliphatic heterocycles. The largest absolute Gasteiger partial charge is 0.486 e. The van der Waals surface area contributed by atoms with Crippen LogP contribution in [0.5, 0.6) is 10.8 Å². The van der Waals surface area contributed by atoms with Crippen molar-refractivity contribution in [3.63, 3.8) is 0 Å². The lowest BCUT2D eigenvalue weighted by Crippen LogP contribution is -2.44. The molecule has 10 nitrogen and oxygen atoms in total. The third-order valence-electron chi connectivity index (χ3n) is 6.39. The third kappa shape index (κ3) is 6.57. The van der Waals surface area contributed by atoms with E-state index in [-0.39, 0.29) is 46.3 Å². The summed E-state index contributed by atoms with van der Waals surface area (Å²) < 4.78 is 84.9. The standard InChI is InChI=1S/C25H32F3N3O7S2/c1-5-36-22-21(30-20(39-22)15-7-8-15)40(34,35)31-13-17(10-6-14(2)32)37-19-11-9-16(12-18(19)31)29-23(33)38-24(3,4)25(26,27)28/h9,11-12,14-15,17,32H,5-8,10,13H2,1-4H3,(H,29,33). The number of halogens is 3. The van der Waals surface area contributed by atoms with Crippen molar-refractivity contribution < 1.29 is 45.7 Å². The number of fused-ring (bicyclic) bond motifs is 1. The summed E-state index contributed by atoms with van der Waals surface area (Å²) in [4.78, 5) is 16.7. The molecule has 1 saturated carbocycles. The van der Waals surface area contributed by atoms with Crippen molar-refractivity contribution in [1.29, 1.82) is 0 Å². The van der Waals surface area contributed by atoms with Gasteiger partial charge in [0.2, 0.25) is 15.7 Å². The topological polar surface area (TPSA) is 127 Å². The average molecular weight is 608 g/mol. The molecule has 2 atom stereocenters. The van der Waals surface area contributed by atoms with Crippen LogP contribution in [-0.2, 0) is 14.8 Å². The SMILES string of the molecule is CCOc1sc(C2CC2)nc1S(=O)(=O)N1CC(CCC(C)O)Oc2ccc(NC(=O)OC(C)(C)C(F)(F)F)cc21. The maximum Gasteiger partial charge on any atom is 0.427 e. The summed E-state index contributed by atoms with van der Waals surface area (Å²) in [6, 6.07) is 4.06. The van der Waals surface area contributed by atoms with Gasteiger partial charge < -0.3 is 19.3 Å². The summed E-state index contributed by atoms with van der Waals surface area (Å²) in [7, 11) is -4.31. The van der Waals surface area contributed by atoms with Crippen LogP contribution in [0.4, 0.5) is 29.3 Å². The van der Waals surface area contributed by atoms with Crippen molar-refractivity contribution in [2.75, 3.05) is 22.8 Å². The molecule has 0 saturated heterocycles. The van der Waals surface area contributed by atoms with Gasteiger partial charge in [-0.1, -0.05) is 11.3 Å². The van der Waals surface area contributed by atoms with Crippen molar-refractivity contribution in [3.8, 4) is 10.8 Å². The predicted molar refractivity (Wildman–Crippen MR) is 142 cm³/mol. The number of thiazole rings is 1. The first kappa shape index (κ1) is 30.2. The Hall–Kier alpha value is -2.78. The van der Waals surface area contributed by atoms with Crippen molar-refractivity contribution in [1.82, 2.24) is 4.98 Å². The van der Waals surface area contributed by atoms with Crippen LogP contribution in [0.1, 0.15) is 64.3 Å². The number of carbonyl (C=O) groups is 1.